The summed E-state index contributed by atoms with van der Waals surface area (Å²) in [5, 5.41) is 0. The fourth-order valence-electron chi connectivity index (χ4n) is 2.72. The Bertz CT molecular complexity index is 771. The van der Waals surface area contributed by atoms with Crippen LogP contribution < -0.4 is 4.72 Å². The minimum absolute atomic E-state index is 0.0391. The molecule has 0 aromatic heterocycles. The molecule has 1 aliphatic heterocycles. The Labute approximate surface area is 156 Å². The first-order valence-corrected chi connectivity index (χ1v) is 9.94. The van der Waals surface area contributed by atoms with E-state index in [1.54, 1.807) is 20.8 Å². The van der Waals surface area contributed by atoms with E-state index in [1.165, 1.54) is 4.90 Å². The summed E-state index contributed by atoms with van der Waals surface area (Å²) in [6.45, 7) is 5.64. The van der Waals surface area contributed by atoms with Crippen LogP contribution >= 0.6 is 0 Å². The molecule has 1 atom stereocenters. The minimum atomic E-state index is -4.53. The monoisotopic (exact) mass is 408 g/mol. The van der Waals surface area contributed by atoms with Crippen molar-refractivity contribution in [2.45, 2.75) is 56.3 Å². The van der Waals surface area contributed by atoms with Crippen LogP contribution in [-0.4, -0.2) is 44.1 Å². The highest BCUT2D eigenvalue weighted by Crippen LogP contribution is 2.29. The molecule has 27 heavy (non-hydrogen) atoms. The second kappa shape index (κ2) is 7.67. The highest BCUT2D eigenvalue weighted by molar-refractivity contribution is 7.89. The quantitative estimate of drug-likeness (QED) is 0.829. The van der Waals surface area contributed by atoms with E-state index >= 15 is 0 Å². The molecule has 1 aromatic rings. The van der Waals surface area contributed by atoms with Crippen LogP contribution in [0, 0.1) is 0 Å². The van der Waals surface area contributed by atoms with E-state index in [4.69, 9.17) is 4.74 Å². The Morgan fingerprint density at radius 2 is 1.81 bits per heavy atom. The number of amides is 1. The van der Waals surface area contributed by atoms with Gasteiger partial charge in [0.25, 0.3) is 0 Å². The van der Waals surface area contributed by atoms with Gasteiger partial charge < -0.3 is 9.64 Å². The first-order chi connectivity index (χ1) is 12.3. The van der Waals surface area contributed by atoms with Gasteiger partial charge in [0, 0.05) is 19.1 Å². The molecule has 1 saturated heterocycles. The SMILES string of the molecule is CC(C)(C)OC(=O)N1CCC[C@H]1CNS(=O)(=O)c1ccc(C(F)(F)F)cc1. The highest BCUT2D eigenvalue weighted by atomic mass is 32.2. The molecule has 0 spiro atoms. The van der Waals surface area contributed by atoms with Gasteiger partial charge in [0.1, 0.15) is 5.60 Å². The smallest absolute Gasteiger partial charge is 0.416 e. The highest BCUT2D eigenvalue weighted by Gasteiger charge is 2.33. The third kappa shape index (κ3) is 5.83. The van der Waals surface area contributed by atoms with Gasteiger partial charge in [-0.1, -0.05) is 0 Å². The van der Waals surface area contributed by atoms with E-state index in [9.17, 15) is 26.4 Å². The van der Waals surface area contributed by atoms with Crippen molar-refractivity contribution in [1.82, 2.24) is 9.62 Å². The molecule has 1 N–H and O–H groups in total. The van der Waals surface area contributed by atoms with Crippen LogP contribution in [-0.2, 0) is 20.9 Å². The van der Waals surface area contributed by atoms with Gasteiger partial charge in [-0.2, -0.15) is 13.2 Å². The van der Waals surface area contributed by atoms with Crippen molar-refractivity contribution >= 4 is 16.1 Å². The van der Waals surface area contributed by atoms with E-state index in [2.05, 4.69) is 4.72 Å². The lowest BCUT2D eigenvalue weighted by atomic mass is 10.2. The summed E-state index contributed by atoms with van der Waals surface area (Å²) in [6, 6.07) is 2.88. The summed E-state index contributed by atoms with van der Waals surface area (Å²) in [7, 11) is -3.99. The van der Waals surface area contributed by atoms with Crippen molar-refractivity contribution in [2.75, 3.05) is 13.1 Å². The van der Waals surface area contributed by atoms with Crippen LogP contribution in [0.25, 0.3) is 0 Å². The second-order valence-corrected chi connectivity index (χ2v) is 9.11. The van der Waals surface area contributed by atoms with Gasteiger partial charge in [-0.3, -0.25) is 0 Å². The number of alkyl halides is 3. The average Bonchev–Trinajstić information content (AvgIpc) is 2.99. The van der Waals surface area contributed by atoms with Crippen molar-refractivity contribution in [3.8, 4) is 0 Å². The molecule has 1 fully saturated rings. The van der Waals surface area contributed by atoms with Crippen LogP contribution in [0.3, 0.4) is 0 Å². The van der Waals surface area contributed by atoms with Gasteiger partial charge in [-0.25, -0.2) is 17.9 Å². The molecule has 1 aromatic carbocycles. The zero-order valence-corrected chi connectivity index (χ0v) is 16.2. The molecule has 1 heterocycles. The summed E-state index contributed by atoms with van der Waals surface area (Å²) in [4.78, 5) is 13.4. The molecule has 0 unspecified atom stereocenters. The number of carbonyl (C=O) groups is 1. The zero-order chi connectivity index (χ0) is 20.5. The van der Waals surface area contributed by atoms with Crippen molar-refractivity contribution < 1.29 is 31.1 Å². The van der Waals surface area contributed by atoms with Crippen LogP contribution in [0.15, 0.2) is 29.2 Å². The second-order valence-electron chi connectivity index (χ2n) is 7.34. The van der Waals surface area contributed by atoms with E-state index in [0.717, 1.165) is 24.3 Å². The lowest BCUT2D eigenvalue weighted by Gasteiger charge is -2.28. The van der Waals surface area contributed by atoms with Crippen LogP contribution in [0.2, 0.25) is 0 Å². The molecule has 1 amide bonds. The standard InChI is InChI=1S/C17H23F3N2O4S/c1-16(2,3)26-15(23)22-10-4-5-13(22)11-21-27(24,25)14-8-6-12(7-9-14)17(18,19)20/h6-9,13,21H,4-5,10-11H2,1-3H3/t13-/m0/s1. The van der Waals surface area contributed by atoms with Gasteiger partial charge in [0.15, 0.2) is 0 Å². The number of benzene rings is 1. The Morgan fingerprint density at radius 3 is 2.33 bits per heavy atom. The topological polar surface area (TPSA) is 75.7 Å². The molecule has 0 bridgehead atoms. The van der Waals surface area contributed by atoms with E-state index in [0.29, 0.717) is 19.4 Å². The molecule has 0 saturated carbocycles. The summed E-state index contributed by atoms with van der Waals surface area (Å²) in [6.07, 6.45) is -3.73. The summed E-state index contributed by atoms with van der Waals surface area (Å²) < 4.78 is 70.1. The lowest BCUT2D eigenvalue weighted by Crippen LogP contribution is -2.45. The predicted octanol–water partition coefficient (Wildman–Crippen LogP) is 3.38. The number of ether oxygens (including phenoxy) is 1. The van der Waals surface area contributed by atoms with Gasteiger partial charge in [-0.05, 0) is 57.9 Å². The maximum atomic E-state index is 12.6. The Morgan fingerprint density at radius 1 is 1.22 bits per heavy atom. The first kappa shape index (κ1) is 21.5. The number of rotatable bonds is 4. The van der Waals surface area contributed by atoms with E-state index in [1.807, 2.05) is 0 Å². The van der Waals surface area contributed by atoms with E-state index in [-0.39, 0.29) is 17.5 Å². The van der Waals surface area contributed by atoms with Crippen molar-refractivity contribution in [3.63, 3.8) is 0 Å². The molecule has 6 nitrogen and oxygen atoms in total. The molecule has 152 valence electrons. The molecule has 10 heteroatoms. The normalized spacial score (nSPS) is 18.6. The maximum Gasteiger partial charge on any atom is 0.416 e. The molecule has 0 radical (unpaired) electrons. The predicted molar refractivity (Wildman–Crippen MR) is 92.6 cm³/mol. The van der Waals surface area contributed by atoms with Crippen LogP contribution in [0.4, 0.5) is 18.0 Å². The Balaban J connectivity index is 2.02. The summed E-state index contributed by atoms with van der Waals surface area (Å²) in [5.74, 6) is 0. The van der Waals surface area contributed by atoms with Gasteiger partial charge in [-0.15, -0.1) is 0 Å². The van der Waals surface area contributed by atoms with Crippen molar-refractivity contribution in [1.29, 1.82) is 0 Å². The third-order valence-corrected chi connectivity index (χ3v) is 5.45. The Hall–Kier alpha value is -1.81. The number of halogens is 3. The van der Waals surface area contributed by atoms with Gasteiger partial charge in [0.2, 0.25) is 10.0 Å². The zero-order valence-electron chi connectivity index (χ0n) is 15.3. The number of hydrogen-bond acceptors (Lipinski definition) is 4. The number of likely N-dealkylation sites (tertiary alicyclic amines) is 1. The number of sulfonamides is 1. The van der Waals surface area contributed by atoms with Crippen LogP contribution in [0.5, 0.6) is 0 Å². The minimum Gasteiger partial charge on any atom is -0.444 e. The van der Waals surface area contributed by atoms with Crippen molar-refractivity contribution in [3.05, 3.63) is 29.8 Å². The van der Waals surface area contributed by atoms with E-state index < -0.39 is 33.5 Å². The molecule has 0 aliphatic carbocycles. The fourth-order valence-corrected chi connectivity index (χ4v) is 3.79. The largest absolute Gasteiger partial charge is 0.444 e. The molecular formula is C17H23F3N2O4S. The maximum absolute atomic E-state index is 12.6. The Kier molecular flexibility index (Phi) is 6.10. The number of carbonyl (C=O) groups excluding carboxylic acids is 1. The van der Waals surface area contributed by atoms with Crippen molar-refractivity contribution in [2.24, 2.45) is 0 Å². The molecular weight excluding hydrogens is 385 g/mol. The van der Waals surface area contributed by atoms with Gasteiger partial charge in [0.05, 0.1) is 10.5 Å². The average molecular weight is 408 g/mol. The third-order valence-electron chi connectivity index (χ3n) is 4.01. The van der Waals surface area contributed by atoms with Gasteiger partial charge >= 0.3 is 12.3 Å². The number of nitrogens with one attached hydrogen (secondary N) is 1. The van der Waals surface area contributed by atoms with Crippen LogP contribution in [0.1, 0.15) is 39.2 Å². The lowest BCUT2D eigenvalue weighted by molar-refractivity contribution is -0.137. The molecule has 2 rings (SSSR count). The molecule has 1 aliphatic rings. The summed E-state index contributed by atoms with van der Waals surface area (Å²) >= 11 is 0. The first-order valence-electron chi connectivity index (χ1n) is 8.46. The number of hydrogen-bond donors (Lipinski definition) is 1. The summed E-state index contributed by atoms with van der Waals surface area (Å²) in [5.41, 5.74) is -1.59. The number of nitrogens with zero attached hydrogens (tertiary/aromatic N) is 1. The fraction of sp³-hybridized carbons (Fsp3) is 0.588.